The van der Waals surface area contributed by atoms with E-state index in [0.717, 1.165) is 16.5 Å². The molecule has 2 unspecified atom stereocenters. The first-order chi connectivity index (χ1) is 43.8. The fraction of sp³-hybridized carbons (Fsp3) is 0.0256. The second kappa shape index (κ2) is 21.3. The quantitative estimate of drug-likeness (QED) is 0.0655. The molecular weight excluding hydrogens is 1150 g/mol. The van der Waals surface area contributed by atoms with Crippen molar-refractivity contribution in [3.8, 4) is 45.3 Å². The van der Waals surface area contributed by atoms with Gasteiger partial charge in [-0.3, -0.25) is 0 Å². The number of hydrogen-bond acceptors (Lipinski definition) is 4. The van der Waals surface area contributed by atoms with Crippen LogP contribution < -0.4 is 14.4 Å². The van der Waals surface area contributed by atoms with Crippen LogP contribution in [0.2, 0.25) is 0 Å². The topological polar surface area (TPSA) is 34.8 Å². The highest BCUT2D eigenvalue weighted by Crippen LogP contribution is 2.61. The second-order valence-corrected chi connectivity index (χ2v) is 22.1. The van der Waals surface area contributed by atoms with Gasteiger partial charge in [-0.05, 0) is 152 Å². The van der Waals surface area contributed by atoms with E-state index < -0.39 is 68.5 Å². The number of anilines is 3. The molecule has 0 fully saturated rings. The third kappa shape index (κ3) is 8.35. The van der Waals surface area contributed by atoms with Crippen LogP contribution in [0.4, 0.5) is 52.2 Å². The molecule has 436 valence electrons. The minimum atomic E-state index is -2.06. The van der Waals surface area contributed by atoms with Gasteiger partial charge in [0.15, 0.2) is 40.5 Å². The molecule has 2 aliphatic carbocycles. The van der Waals surface area contributed by atoms with Crippen LogP contribution in [0.25, 0.3) is 56.3 Å². The van der Waals surface area contributed by atoms with Gasteiger partial charge in [-0.15, -0.1) is 0 Å². The molecule has 13 aromatic rings. The zero-order valence-corrected chi connectivity index (χ0v) is 47.3. The van der Waals surface area contributed by atoms with Crippen molar-refractivity contribution < 1.29 is 49.0 Å². The average molecular weight is 1200 g/mol. The molecule has 2 atom stereocenters. The number of fused-ring (bicyclic) bond motifs is 9. The highest BCUT2D eigenvalue weighted by Gasteiger charge is 2.52. The summed E-state index contributed by atoms with van der Waals surface area (Å²) in [6, 6.07) is 65.6. The van der Waals surface area contributed by atoms with Crippen molar-refractivity contribution in [3.05, 3.63) is 352 Å². The number of ether oxygens (including phenoxy) is 2. The minimum Gasteiger partial charge on any atom is -0.457 e. The Labute approximate surface area is 510 Å². The van der Waals surface area contributed by atoms with E-state index in [0.29, 0.717) is 102 Å². The summed E-state index contributed by atoms with van der Waals surface area (Å²) < 4.78 is 152. The van der Waals surface area contributed by atoms with E-state index in [-0.39, 0.29) is 22.3 Å². The Balaban J connectivity index is 0.996. The van der Waals surface area contributed by atoms with Crippen molar-refractivity contribution in [3.63, 3.8) is 0 Å². The molecule has 0 saturated carbocycles. The summed E-state index contributed by atoms with van der Waals surface area (Å²) in [6.45, 7) is 7.64. The van der Waals surface area contributed by atoms with E-state index in [1.165, 1.54) is 0 Å². The molecule has 0 aliphatic heterocycles. The average Bonchev–Trinajstić information content (AvgIpc) is 1.52. The normalized spacial score (nSPS) is 15.3. The standard InChI is InChI=1S/C78H45F8NO3/c1-3-44-20-30-50(31-21-44)88-52-34-24-46(25-35-52)77(70-64(79)42-66(81)72(83)74(70)85)60-16-8-5-12-54(60)56-38-28-48(40-62(56)77)87(68-18-11-15-59-58-14-7-10-19-69(58)90-76(59)68)49-29-39-57-55-13-6-9-17-61(55)78(63(57)41-49,71-65(80)43-67(82)73(84)75(71)86)47-26-36-53(37-27-47)89-51-32-22-45(4-2)23-33-51/h3-43H,1-2H2. The van der Waals surface area contributed by atoms with Crippen LogP contribution in [0, 0.1) is 46.5 Å². The van der Waals surface area contributed by atoms with Crippen LogP contribution in [0.5, 0.6) is 23.0 Å². The molecule has 12 aromatic carbocycles. The van der Waals surface area contributed by atoms with Crippen molar-refractivity contribution >= 4 is 51.2 Å². The van der Waals surface area contributed by atoms with Crippen LogP contribution in [0.1, 0.15) is 55.6 Å². The van der Waals surface area contributed by atoms with Gasteiger partial charge in [0.2, 0.25) is 0 Å². The lowest BCUT2D eigenvalue weighted by molar-refractivity contribution is 0.416. The van der Waals surface area contributed by atoms with Gasteiger partial charge < -0.3 is 18.8 Å². The molecule has 12 heteroatoms. The van der Waals surface area contributed by atoms with Crippen LogP contribution in [-0.2, 0) is 10.8 Å². The highest BCUT2D eigenvalue weighted by molar-refractivity contribution is 6.10. The molecule has 0 radical (unpaired) electrons. The monoisotopic (exact) mass is 1200 g/mol. The zero-order chi connectivity index (χ0) is 61.7. The zero-order valence-electron chi connectivity index (χ0n) is 47.3. The highest BCUT2D eigenvalue weighted by atomic mass is 19.2. The summed E-state index contributed by atoms with van der Waals surface area (Å²) in [5.41, 5.74) is 1.83. The van der Waals surface area contributed by atoms with Crippen LogP contribution >= 0.6 is 0 Å². The maximum atomic E-state index is 17.4. The number of halogens is 8. The number of para-hydroxylation sites is 2. The Morgan fingerprint density at radius 1 is 0.356 bits per heavy atom. The fourth-order valence-corrected chi connectivity index (χ4v) is 13.6. The van der Waals surface area contributed by atoms with Crippen molar-refractivity contribution in [2.24, 2.45) is 0 Å². The van der Waals surface area contributed by atoms with E-state index in [1.807, 2.05) is 71.6 Å². The van der Waals surface area contributed by atoms with Gasteiger partial charge >= 0.3 is 0 Å². The molecule has 0 spiro atoms. The number of furan rings is 1. The Bertz CT molecular complexity index is 4840. The minimum absolute atomic E-state index is 0.257. The predicted octanol–water partition coefficient (Wildman–Crippen LogP) is 21.8. The molecule has 0 saturated heterocycles. The lowest BCUT2D eigenvalue weighted by Gasteiger charge is -2.36. The van der Waals surface area contributed by atoms with Crippen molar-refractivity contribution in [2.45, 2.75) is 10.8 Å². The van der Waals surface area contributed by atoms with E-state index in [4.69, 9.17) is 13.9 Å². The molecule has 0 amide bonds. The first-order valence-corrected chi connectivity index (χ1v) is 28.7. The van der Waals surface area contributed by atoms with Gasteiger partial charge in [0, 0.05) is 45.4 Å². The van der Waals surface area contributed by atoms with Crippen molar-refractivity contribution in [2.75, 3.05) is 4.90 Å². The van der Waals surface area contributed by atoms with Crippen LogP contribution in [0.3, 0.4) is 0 Å². The van der Waals surface area contributed by atoms with E-state index in [9.17, 15) is 0 Å². The third-order valence-electron chi connectivity index (χ3n) is 17.5. The smallest absolute Gasteiger partial charge is 0.194 e. The summed E-state index contributed by atoms with van der Waals surface area (Å²) in [4.78, 5) is 1.83. The molecule has 90 heavy (non-hydrogen) atoms. The number of hydrogen-bond donors (Lipinski definition) is 0. The summed E-state index contributed by atoms with van der Waals surface area (Å²) >= 11 is 0. The summed E-state index contributed by atoms with van der Waals surface area (Å²) in [6.07, 6.45) is 3.39. The lowest BCUT2D eigenvalue weighted by atomic mass is 9.67. The van der Waals surface area contributed by atoms with Gasteiger partial charge in [-0.2, -0.15) is 0 Å². The SMILES string of the molecule is C=Cc1ccc(Oc2ccc(C3(c4c(F)cc(F)c(F)c4F)c4ccccc4-c4ccc(N(c5ccc6c(c5)C(c5ccc(Oc7ccc(C=C)cc7)cc5)(c5c(F)cc(F)c(F)c5F)c5ccccc5-6)c5cccc6c5oc5ccccc56)cc43)cc2)cc1. The van der Waals surface area contributed by atoms with Crippen LogP contribution in [0.15, 0.2) is 254 Å². The molecule has 0 bridgehead atoms. The Hall–Kier alpha value is -11.2. The van der Waals surface area contributed by atoms with E-state index in [2.05, 4.69) is 13.2 Å². The summed E-state index contributed by atoms with van der Waals surface area (Å²) in [7, 11) is 0. The molecular formula is C78H45F8NO3. The maximum absolute atomic E-state index is 17.4. The summed E-state index contributed by atoms with van der Waals surface area (Å²) in [5, 5.41) is 1.48. The van der Waals surface area contributed by atoms with Gasteiger partial charge in [0.1, 0.15) is 40.2 Å². The Morgan fingerprint density at radius 2 is 0.756 bits per heavy atom. The molecule has 15 rings (SSSR count). The Kier molecular flexibility index (Phi) is 13.1. The third-order valence-corrected chi connectivity index (χ3v) is 17.5. The van der Waals surface area contributed by atoms with Gasteiger partial charge in [0.05, 0.1) is 16.5 Å². The Morgan fingerprint density at radius 3 is 1.21 bits per heavy atom. The number of nitrogens with zero attached hydrogens (tertiary/aromatic N) is 1. The first-order valence-electron chi connectivity index (χ1n) is 28.7. The predicted molar refractivity (Wildman–Crippen MR) is 336 cm³/mol. The molecule has 0 N–H and O–H groups in total. The van der Waals surface area contributed by atoms with E-state index >= 15 is 35.1 Å². The molecule has 2 aliphatic rings. The van der Waals surface area contributed by atoms with Gasteiger partial charge in [0.25, 0.3) is 0 Å². The number of benzene rings is 12. The fourth-order valence-electron chi connectivity index (χ4n) is 13.6. The van der Waals surface area contributed by atoms with E-state index in [1.54, 1.807) is 170 Å². The maximum Gasteiger partial charge on any atom is 0.194 e. The first kappa shape index (κ1) is 55.3. The molecule has 1 heterocycles. The largest absolute Gasteiger partial charge is 0.457 e. The van der Waals surface area contributed by atoms with Gasteiger partial charge in [-0.25, -0.2) is 35.1 Å². The van der Waals surface area contributed by atoms with Crippen molar-refractivity contribution in [1.82, 2.24) is 0 Å². The molecule has 4 nitrogen and oxygen atoms in total. The van der Waals surface area contributed by atoms with Gasteiger partial charge in [-0.1, -0.05) is 165 Å². The lowest BCUT2D eigenvalue weighted by Crippen LogP contribution is -2.32. The second-order valence-electron chi connectivity index (χ2n) is 22.1. The van der Waals surface area contributed by atoms with Crippen LogP contribution in [-0.4, -0.2) is 0 Å². The summed E-state index contributed by atoms with van der Waals surface area (Å²) in [5.74, 6) is -11.7. The van der Waals surface area contributed by atoms with Crippen molar-refractivity contribution in [1.29, 1.82) is 0 Å². The molecule has 1 aromatic heterocycles. The number of rotatable bonds is 13.